The first-order valence-electron chi connectivity index (χ1n) is 4.99. The molecule has 2 heterocycles. The van der Waals surface area contributed by atoms with Gasteiger partial charge in [0.15, 0.2) is 0 Å². The maximum atomic E-state index is 11.3. The molecule has 0 radical (unpaired) electrons. The van der Waals surface area contributed by atoms with Gasteiger partial charge in [-0.15, -0.1) is 17.8 Å². The Labute approximate surface area is 98.2 Å². The lowest BCUT2D eigenvalue weighted by molar-refractivity contribution is 0.1000. The van der Waals surface area contributed by atoms with Crippen molar-refractivity contribution < 1.29 is 4.79 Å². The number of hydrogen-bond acceptors (Lipinski definition) is 4. The minimum atomic E-state index is -0.430. The van der Waals surface area contributed by atoms with E-state index in [-0.39, 0.29) is 0 Å². The quantitative estimate of drug-likeness (QED) is 0.730. The number of carbonyl (C=O) groups excluding carboxylic acids is 1. The molecule has 1 amide bonds. The van der Waals surface area contributed by atoms with Crippen molar-refractivity contribution in [3.63, 3.8) is 0 Å². The number of anilines is 1. The molecule has 5 heteroatoms. The molecule has 0 saturated carbocycles. The summed E-state index contributed by atoms with van der Waals surface area (Å²) in [7, 11) is 0. The summed E-state index contributed by atoms with van der Waals surface area (Å²) in [5.74, 6) is 2.19. The van der Waals surface area contributed by atoms with Gasteiger partial charge < -0.3 is 11.5 Å². The van der Waals surface area contributed by atoms with Gasteiger partial charge in [-0.3, -0.25) is 9.69 Å². The Balaban J connectivity index is 2.32. The molecule has 0 bridgehead atoms. The SMILES string of the molecule is C#CCN1CCc2c(sc(N)c2C(N)=O)C1. The minimum absolute atomic E-state index is 0.430. The van der Waals surface area contributed by atoms with Gasteiger partial charge in [-0.1, -0.05) is 5.92 Å². The van der Waals surface area contributed by atoms with Crippen LogP contribution in [0.3, 0.4) is 0 Å². The number of primary amides is 1. The van der Waals surface area contributed by atoms with Crippen molar-refractivity contribution in [2.75, 3.05) is 18.8 Å². The molecular formula is C11H13N3OS. The summed E-state index contributed by atoms with van der Waals surface area (Å²) in [5, 5.41) is 0.528. The lowest BCUT2D eigenvalue weighted by Crippen LogP contribution is -2.30. The first-order chi connectivity index (χ1) is 7.63. The van der Waals surface area contributed by atoms with Crippen LogP contribution in [0.5, 0.6) is 0 Å². The molecule has 16 heavy (non-hydrogen) atoms. The molecule has 84 valence electrons. The number of nitrogen functional groups attached to an aromatic ring is 1. The van der Waals surface area contributed by atoms with E-state index in [0.29, 0.717) is 17.1 Å². The monoisotopic (exact) mass is 235 g/mol. The Morgan fingerprint density at radius 1 is 1.62 bits per heavy atom. The van der Waals surface area contributed by atoms with E-state index >= 15 is 0 Å². The van der Waals surface area contributed by atoms with Gasteiger partial charge in [0.1, 0.15) is 0 Å². The third-order valence-corrected chi connectivity index (χ3v) is 3.77. The van der Waals surface area contributed by atoms with Gasteiger partial charge in [0.25, 0.3) is 5.91 Å². The molecule has 4 nitrogen and oxygen atoms in total. The van der Waals surface area contributed by atoms with Crippen molar-refractivity contribution in [2.45, 2.75) is 13.0 Å². The smallest absolute Gasteiger partial charge is 0.251 e. The van der Waals surface area contributed by atoms with Gasteiger partial charge in [-0.05, 0) is 12.0 Å². The fourth-order valence-electron chi connectivity index (χ4n) is 2.01. The number of hydrogen-bond donors (Lipinski definition) is 2. The van der Waals surface area contributed by atoms with Crippen molar-refractivity contribution in [2.24, 2.45) is 5.73 Å². The summed E-state index contributed by atoms with van der Waals surface area (Å²) < 4.78 is 0. The standard InChI is InChI=1S/C11H13N3OS/c1-2-4-14-5-3-7-8(6-14)16-11(13)9(7)10(12)15/h1H,3-6,13H2,(H2,12,15). The largest absolute Gasteiger partial charge is 0.390 e. The van der Waals surface area contributed by atoms with E-state index in [0.717, 1.165) is 30.0 Å². The predicted octanol–water partition coefficient (Wildman–Crippen LogP) is 0.421. The van der Waals surface area contributed by atoms with Crippen LogP contribution in [0, 0.1) is 12.3 Å². The number of rotatable bonds is 2. The average molecular weight is 235 g/mol. The number of nitrogens with zero attached hydrogens (tertiary/aromatic N) is 1. The number of fused-ring (bicyclic) bond motifs is 1. The fraction of sp³-hybridized carbons (Fsp3) is 0.364. The summed E-state index contributed by atoms with van der Waals surface area (Å²) in [6.45, 7) is 2.25. The number of amides is 1. The zero-order valence-corrected chi connectivity index (χ0v) is 9.64. The van der Waals surface area contributed by atoms with Crippen LogP contribution in [0.4, 0.5) is 5.00 Å². The van der Waals surface area contributed by atoms with Crippen LogP contribution in [0.25, 0.3) is 0 Å². The molecule has 0 aliphatic carbocycles. The second-order valence-electron chi connectivity index (χ2n) is 3.77. The molecule has 4 N–H and O–H groups in total. The lowest BCUT2D eigenvalue weighted by atomic mass is 10.0. The van der Waals surface area contributed by atoms with E-state index in [4.69, 9.17) is 17.9 Å². The zero-order valence-electron chi connectivity index (χ0n) is 8.82. The van der Waals surface area contributed by atoms with Crippen molar-refractivity contribution in [3.05, 3.63) is 16.0 Å². The van der Waals surface area contributed by atoms with Crippen LogP contribution in [0.2, 0.25) is 0 Å². The molecule has 0 atom stereocenters. The molecule has 2 rings (SSSR count). The van der Waals surface area contributed by atoms with E-state index in [2.05, 4.69) is 10.8 Å². The lowest BCUT2D eigenvalue weighted by Gasteiger charge is -2.24. The Bertz CT molecular complexity index is 472. The molecular weight excluding hydrogens is 222 g/mol. The van der Waals surface area contributed by atoms with Crippen molar-refractivity contribution in [1.29, 1.82) is 0 Å². The maximum absolute atomic E-state index is 11.3. The normalized spacial score (nSPS) is 15.4. The highest BCUT2D eigenvalue weighted by Gasteiger charge is 2.25. The summed E-state index contributed by atoms with van der Waals surface area (Å²) in [6, 6.07) is 0. The maximum Gasteiger partial charge on any atom is 0.251 e. The number of carbonyl (C=O) groups is 1. The Morgan fingerprint density at radius 3 is 3.00 bits per heavy atom. The Morgan fingerprint density at radius 2 is 2.38 bits per heavy atom. The fourth-order valence-corrected chi connectivity index (χ4v) is 3.18. The molecule has 1 aromatic rings. The first kappa shape index (κ1) is 11.0. The minimum Gasteiger partial charge on any atom is -0.390 e. The molecule has 0 saturated heterocycles. The van der Waals surface area contributed by atoms with Crippen molar-refractivity contribution >= 4 is 22.2 Å². The molecule has 0 fully saturated rings. The second-order valence-corrected chi connectivity index (χ2v) is 4.91. The highest BCUT2D eigenvalue weighted by atomic mass is 32.1. The summed E-state index contributed by atoms with van der Waals surface area (Å²) in [5.41, 5.74) is 12.6. The van der Waals surface area contributed by atoms with Crippen LogP contribution in [0.15, 0.2) is 0 Å². The van der Waals surface area contributed by atoms with E-state index < -0.39 is 5.91 Å². The number of thiophene rings is 1. The van der Waals surface area contributed by atoms with Crippen LogP contribution in [-0.2, 0) is 13.0 Å². The van der Waals surface area contributed by atoms with Crippen molar-refractivity contribution in [1.82, 2.24) is 4.90 Å². The van der Waals surface area contributed by atoms with Crippen molar-refractivity contribution in [3.8, 4) is 12.3 Å². The van der Waals surface area contributed by atoms with Gasteiger partial charge in [-0.2, -0.15) is 0 Å². The highest BCUT2D eigenvalue weighted by Crippen LogP contribution is 2.34. The third kappa shape index (κ3) is 1.77. The average Bonchev–Trinajstić information content (AvgIpc) is 2.53. The van der Waals surface area contributed by atoms with E-state index in [1.165, 1.54) is 11.3 Å². The highest BCUT2D eigenvalue weighted by molar-refractivity contribution is 7.16. The third-order valence-electron chi connectivity index (χ3n) is 2.72. The van der Waals surface area contributed by atoms with Gasteiger partial charge >= 0.3 is 0 Å². The van der Waals surface area contributed by atoms with Crippen LogP contribution in [-0.4, -0.2) is 23.9 Å². The predicted molar refractivity (Wildman–Crippen MR) is 65.1 cm³/mol. The van der Waals surface area contributed by atoms with E-state index in [1.807, 2.05) is 0 Å². The van der Waals surface area contributed by atoms with Gasteiger partial charge in [-0.25, -0.2) is 0 Å². The summed E-state index contributed by atoms with van der Waals surface area (Å²) in [4.78, 5) is 14.5. The summed E-state index contributed by atoms with van der Waals surface area (Å²) in [6.07, 6.45) is 6.07. The summed E-state index contributed by atoms with van der Waals surface area (Å²) >= 11 is 1.44. The topological polar surface area (TPSA) is 72.3 Å². The Kier molecular flexibility index (Phi) is 2.86. The zero-order chi connectivity index (χ0) is 11.7. The number of nitrogens with two attached hydrogens (primary N) is 2. The van der Waals surface area contributed by atoms with Gasteiger partial charge in [0.2, 0.25) is 0 Å². The molecule has 1 aliphatic heterocycles. The number of terminal acetylenes is 1. The molecule has 1 aliphatic rings. The second kappa shape index (κ2) is 4.16. The Hall–Kier alpha value is -1.51. The van der Waals surface area contributed by atoms with Crippen LogP contribution < -0.4 is 11.5 Å². The molecule has 0 aromatic carbocycles. The van der Waals surface area contributed by atoms with Crippen LogP contribution >= 0.6 is 11.3 Å². The van der Waals surface area contributed by atoms with Gasteiger partial charge in [0, 0.05) is 18.0 Å². The van der Waals surface area contributed by atoms with Crippen LogP contribution in [0.1, 0.15) is 20.8 Å². The molecule has 0 spiro atoms. The van der Waals surface area contributed by atoms with E-state index in [9.17, 15) is 4.79 Å². The first-order valence-corrected chi connectivity index (χ1v) is 5.80. The van der Waals surface area contributed by atoms with E-state index in [1.54, 1.807) is 0 Å². The molecule has 0 unspecified atom stereocenters. The molecule has 1 aromatic heterocycles. The van der Waals surface area contributed by atoms with Gasteiger partial charge in [0.05, 0.1) is 17.1 Å².